The Bertz CT molecular complexity index is 259. The molecule has 0 saturated carbocycles. The minimum Gasteiger partial charge on any atom is -0.302 e. The van der Waals surface area contributed by atoms with Crippen LogP contribution in [0.4, 0.5) is 0 Å². The van der Waals surface area contributed by atoms with Crippen molar-refractivity contribution in [2.45, 2.75) is 0 Å². The summed E-state index contributed by atoms with van der Waals surface area (Å²) in [6.07, 6.45) is 7.01. The minimum atomic E-state index is -0.604. The molecule has 0 radical (unpaired) electrons. The van der Waals surface area contributed by atoms with Crippen molar-refractivity contribution in [3.05, 3.63) is 36.5 Å². The molecule has 0 amide bonds. The molecule has 0 heterocycles. The first-order valence-corrected chi connectivity index (χ1v) is 3.30. The van der Waals surface area contributed by atoms with Crippen LogP contribution in [0.1, 0.15) is 0 Å². The van der Waals surface area contributed by atoms with Gasteiger partial charge < -0.3 is 4.79 Å². The summed E-state index contributed by atoms with van der Waals surface area (Å²) >= 11 is 0. The van der Waals surface area contributed by atoms with Crippen LogP contribution in [0.25, 0.3) is 0 Å². The van der Waals surface area contributed by atoms with Gasteiger partial charge in [-0.05, 0) is 0 Å². The molecule has 0 aromatic heterocycles. The van der Waals surface area contributed by atoms with Crippen LogP contribution in [0.2, 0.25) is 0 Å². The lowest BCUT2D eigenvalue weighted by molar-refractivity contribution is -0.122. The van der Waals surface area contributed by atoms with E-state index >= 15 is 0 Å². The van der Waals surface area contributed by atoms with Gasteiger partial charge in [-0.2, -0.15) is 0 Å². The third-order valence-corrected chi connectivity index (χ3v) is 1.55. The van der Waals surface area contributed by atoms with Crippen molar-refractivity contribution >= 4 is 12.1 Å². The molecule has 0 spiro atoms. The van der Waals surface area contributed by atoms with Gasteiger partial charge in [-0.1, -0.05) is 30.9 Å². The normalized spacial score (nSPS) is 22.7. The van der Waals surface area contributed by atoms with E-state index in [1.54, 1.807) is 18.2 Å². The Balaban J connectivity index is 2.93. The molecule has 2 heteroatoms. The maximum absolute atomic E-state index is 11.2. The molecule has 0 saturated heterocycles. The Hall–Kier alpha value is -1.44. The monoisotopic (exact) mass is 148 g/mol. The van der Waals surface area contributed by atoms with Crippen LogP contribution in [0, 0.1) is 5.92 Å². The van der Waals surface area contributed by atoms with Crippen molar-refractivity contribution < 1.29 is 9.59 Å². The van der Waals surface area contributed by atoms with Gasteiger partial charge in [0.25, 0.3) is 0 Å². The van der Waals surface area contributed by atoms with Crippen LogP contribution in [-0.4, -0.2) is 12.1 Å². The number of carbonyl (C=O) groups excluding carboxylic acids is 2. The zero-order valence-corrected chi connectivity index (χ0v) is 5.99. The van der Waals surface area contributed by atoms with E-state index in [9.17, 15) is 9.59 Å². The van der Waals surface area contributed by atoms with Crippen molar-refractivity contribution in [3.63, 3.8) is 0 Å². The van der Waals surface area contributed by atoms with Crippen molar-refractivity contribution in [2.75, 3.05) is 0 Å². The second-order valence-corrected chi connectivity index (χ2v) is 2.24. The molecular formula is C9H8O2. The number of rotatable bonds is 2. The third kappa shape index (κ3) is 1.34. The van der Waals surface area contributed by atoms with Crippen LogP contribution in [0.15, 0.2) is 36.5 Å². The standard InChI is InChI=1S/C9H8O2/c1-2-7-4-3-5-8(6-10)9(7)11/h2-6,8H,1H2. The minimum absolute atomic E-state index is 0.169. The number of hydrogen-bond donors (Lipinski definition) is 0. The quantitative estimate of drug-likeness (QED) is 0.433. The van der Waals surface area contributed by atoms with E-state index < -0.39 is 5.92 Å². The Morgan fingerprint density at radius 1 is 1.55 bits per heavy atom. The largest absolute Gasteiger partial charge is 0.302 e. The van der Waals surface area contributed by atoms with E-state index in [0.29, 0.717) is 11.9 Å². The number of aldehydes is 1. The number of hydrogen-bond acceptors (Lipinski definition) is 2. The first-order chi connectivity index (χ1) is 5.29. The van der Waals surface area contributed by atoms with E-state index in [0.717, 1.165) is 0 Å². The van der Waals surface area contributed by atoms with Gasteiger partial charge in [0.1, 0.15) is 6.29 Å². The fraction of sp³-hybridized carbons (Fsp3) is 0.111. The molecule has 1 aliphatic rings. The molecule has 0 aliphatic heterocycles. The van der Waals surface area contributed by atoms with Gasteiger partial charge in [0.2, 0.25) is 0 Å². The molecule has 0 N–H and O–H groups in total. The van der Waals surface area contributed by atoms with Crippen LogP contribution in [-0.2, 0) is 9.59 Å². The lowest BCUT2D eigenvalue weighted by atomic mass is 9.94. The summed E-state index contributed by atoms with van der Waals surface area (Å²) in [6.45, 7) is 3.46. The maximum atomic E-state index is 11.2. The van der Waals surface area contributed by atoms with Crippen LogP contribution in [0.5, 0.6) is 0 Å². The number of allylic oxidation sites excluding steroid dienone is 5. The topological polar surface area (TPSA) is 34.1 Å². The molecule has 1 aliphatic carbocycles. The summed E-state index contributed by atoms with van der Waals surface area (Å²) in [7, 11) is 0. The predicted molar refractivity (Wildman–Crippen MR) is 42.0 cm³/mol. The third-order valence-electron chi connectivity index (χ3n) is 1.55. The summed E-state index contributed by atoms with van der Waals surface area (Å²) in [5, 5.41) is 0. The first kappa shape index (κ1) is 7.66. The Morgan fingerprint density at radius 3 is 2.82 bits per heavy atom. The van der Waals surface area contributed by atoms with Crippen LogP contribution in [0.3, 0.4) is 0 Å². The zero-order valence-electron chi connectivity index (χ0n) is 5.99. The number of carbonyl (C=O) groups is 2. The molecule has 0 aromatic rings. The van der Waals surface area contributed by atoms with Gasteiger partial charge in [-0.3, -0.25) is 4.79 Å². The summed E-state index contributed by atoms with van der Waals surface area (Å²) in [5.74, 6) is -0.773. The molecule has 56 valence electrons. The van der Waals surface area contributed by atoms with Crippen molar-refractivity contribution in [1.29, 1.82) is 0 Å². The average Bonchev–Trinajstić information content (AvgIpc) is 2.05. The Kier molecular flexibility index (Phi) is 2.16. The van der Waals surface area contributed by atoms with Gasteiger partial charge in [-0.25, -0.2) is 0 Å². The molecule has 2 nitrogen and oxygen atoms in total. The Labute approximate surface area is 64.9 Å². The highest BCUT2D eigenvalue weighted by Crippen LogP contribution is 2.12. The summed E-state index contributed by atoms with van der Waals surface area (Å²) in [4.78, 5) is 21.5. The highest BCUT2D eigenvalue weighted by atomic mass is 16.1. The second-order valence-electron chi connectivity index (χ2n) is 2.24. The first-order valence-electron chi connectivity index (χ1n) is 3.30. The van der Waals surface area contributed by atoms with E-state index in [4.69, 9.17) is 0 Å². The highest BCUT2D eigenvalue weighted by molar-refractivity contribution is 6.09. The second kappa shape index (κ2) is 3.10. The zero-order chi connectivity index (χ0) is 8.27. The van der Waals surface area contributed by atoms with Crippen LogP contribution >= 0.6 is 0 Å². The summed E-state index contributed by atoms with van der Waals surface area (Å²) in [6, 6.07) is 0. The summed E-state index contributed by atoms with van der Waals surface area (Å²) in [5.41, 5.74) is 0.504. The number of ketones is 1. The van der Waals surface area contributed by atoms with Gasteiger partial charge in [-0.15, -0.1) is 0 Å². The van der Waals surface area contributed by atoms with Crippen LogP contribution < -0.4 is 0 Å². The molecular weight excluding hydrogens is 140 g/mol. The maximum Gasteiger partial charge on any atom is 0.176 e. The van der Waals surface area contributed by atoms with Gasteiger partial charge in [0.15, 0.2) is 5.78 Å². The molecule has 0 bridgehead atoms. The molecule has 0 fully saturated rings. The van der Waals surface area contributed by atoms with Crippen molar-refractivity contribution in [2.24, 2.45) is 5.92 Å². The smallest absolute Gasteiger partial charge is 0.176 e. The van der Waals surface area contributed by atoms with Gasteiger partial charge >= 0.3 is 0 Å². The van der Waals surface area contributed by atoms with Gasteiger partial charge in [0.05, 0.1) is 5.92 Å². The fourth-order valence-corrected chi connectivity index (χ4v) is 0.917. The average molecular weight is 148 g/mol. The van der Waals surface area contributed by atoms with E-state index in [-0.39, 0.29) is 5.78 Å². The predicted octanol–water partition coefficient (Wildman–Crippen LogP) is 1.05. The lowest BCUT2D eigenvalue weighted by Gasteiger charge is -2.07. The van der Waals surface area contributed by atoms with Gasteiger partial charge in [0, 0.05) is 5.57 Å². The Morgan fingerprint density at radius 2 is 2.27 bits per heavy atom. The van der Waals surface area contributed by atoms with Crippen molar-refractivity contribution in [1.82, 2.24) is 0 Å². The molecule has 11 heavy (non-hydrogen) atoms. The van der Waals surface area contributed by atoms with E-state index in [1.807, 2.05) is 0 Å². The summed E-state index contributed by atoms with van der Waals surface area (Å²) < 4.78 is 0. The van der Waals surface area contributed by atoms with E-state index in [2.05, 4.69) is 6.58 Å². The van der Waals surface area contributed by atoms with Crippen molar-refractivity contribution in [3.8, 4) is 0 Å². The fourth-order valence-electron chi connectivity index (χ4n) is 0.917. The SMILES string of the molecule is C=CC1=CC=CC(C=O)C1=O. The highest BCUT2D eigenvalue weighted by Gasteiger charge is 2.18. The lowest BCUT2D eigenvalue weighted by Crippen LogP contribution is -2.16. The molecule has 0 aromatic carbocycles. The van der Waals surface area contributed by atoms with E-state index in [1.165, 1.54) is 6.08 Å². The molecule has 1 rings (SSSR count). The number of Topliss-reactive ketones (excluding diaryl/α,β-unsaturated/α-hetero) is 1. The molecule has 1 unspecified atom stereocenters. The molecule has 1 atom stereocenters.